The summed E-state index contributed by atoms with van der Waals surface area (Å²) >= 11 is 5.77. The molecule has 0 radical (unpaired) electrons. The van der Waals surface area contributed by atoms with Gasteiger partial charge in [-0.1, -0.05) is 12.1 Å². The SMILES string of the molecule is O=c1cc[nH]c(-c2ccc3c(c2)S(=O)(=O)N(c2ccnc(Cl)n2)C3)c1. The van der Waals surface area contributed by atoms with Crippen LogP contribution < -0.4 is 9.73 Å². The molecule has 25 heavy (non-hydrogen) atoms. The summed E-state index contributed by atoms with van der Waals surface area (Å²) < 4.78 is 27.0. The van der Waals surface area contributed by atoms with Crippen LogP contribution in [0.2, 0.25) is 5.28 Å². The van der Waals surface area contributed by atoms with Crippen molar-refractivity contribution in [2.24, 2.45) is 0 Å². The number of hydrogen-bond donors (Lipinski definition) is 1. The van der Waals surface area contributed by atoms with E-state index in [-0.39, 0.29) is 28.0 Å². The molecule has 0 saturated carbocycles. The van der Waals surface area contributed by atoms with E-state index in [9.17, 15) is 13.2 Å². The smallest absolute Gasteiger partial charge is 0.266 e. The molecular weight excluding hydrogens is 364 g/mol. The lowest BCUT2D eigenvalue weighted by Crippen LogP contribution is -2.24. The molecule has 0 unspecified atom stereocenters. The Morgan fingerprint density at radius 3 is 2.76 bits per heavy atom. The van der Waals surface area contributed by atoms with Gasteiger partial charge in [0.25, 0.3) is 10.0 Å². The van der Waals surface area contributed by atoms with Crippen LogP contribution in [0.4, 0.5) is 5.82 Å². The number of pyridine rings is 1. The molecular formula is C16H11ClN4O3S. The summed E-state index contributed by atoms with van der Waals surface area (Å²) in [6.45, 7) is 0.163. The topological polar surface area (TPSA) is 96.0 Å². The average molecular weight is 375 g/mol. The van der Waals surface area contributed by atoms with Gasteiger partial charge in [0.1, 0.15) is 5.82 Å². The van der Waals surface area contributed by atoms with Crippen molar-refractivity contribution in [2.75, 3.05) is 4.31 Å². The number of fused-ring (bicyclic) bond motifs is 1. The Kier molecular flexibility index (Phi) is 3.59. The molecule has 2 aromatic heterocycles. The Morgan fingerprint density at radius 1 is 1.16 bits per heavy atom. The molecule has 3 heterocycles. The number of H-pyrrole nitrogens is 1. The average Bonchev–Trinajstić information content (AvgIpc) is 2.85. The molecule has 0 amide bonds. The highest BCUT2D eigenvalue weighted by Crippen LogP contribution is 2.35. The third-order valence-electron chi connectivity index (χ3n) is 3.90. The van der Waals surface area contributed by atoms with Gasteiger partial charge < -0.3 is 4.98 Å². The summed E-state index contributed by atoms with van der Waals surface area (Å²) in [6, 6.07) is 9.37. The van der Waals surface area contributed by atoms with E-state index in [0.29, 0.717) is 16.8 Å². The predicted octanol–water partition coefficient (Wildman–Crippen LogP) is 2.19. The Hall–Kier alpha value is -2.71. The molecule has 4 rings (SSSR count). The second-order valence-electron chi connectivity index (χ2n) is 5.46. The van der Waals surface area contributed by atoms with Crippen LogP contribution in [0.25, 0.3) is 11.3 Å². The van der Waals surface area contributed by atoms with Crippen LogP contribution >= 0.6 is 11.6 Å². The zero-order valence-corrected chi connectivity index (χ0v) is 14.3. The summed E-state index contributed by atoms with van der Waals surface area (Å²) in [7, 11) is -3.76. The van der Waals surface area contributed by atoms with E-state index in [1.807, 2.05) is 0 Å². The molecule has 1 aliphatic rings. The molecule has 0 spiro atoms. The van der Waals surface area contributed by atoms with Crippen LogP contribution in [0.3, 0.4) is 0 Å². The number of hydrogen-bond acceptors (Lipinski definition) is 5. The molecule has 1 N–H and O–H groups in total. The molecule has 0 aliphatic carbocycles. The number of nitrogens with zero attached hydrogens (tertiary/aromatic N) is 3. The summed E-state index contributed by atoms with van der Waals surface area (Å²) in [6.07, 6.45) is 2.93. The summed E-state index contributed by atoms with van der Waals surface area (Å²) in [5, 5.41) is -0.0220. The van der Waals surface area contributed by atoms with E-state index < -0.39 is 10.0 Å². The van der Waals surface area contributed by atoms with E-state index in [2.05, 4.69) is 15.0 Å². The monoisotopic (exact) mass is 374 g/mol. The van der Waals surface area contributed by atoms with Gasteiger partial charge >= 0.3 is 0 Å². The van der Waals surface area contributed by atoms with Crippen molar-refractivity contribution in [1.29, 1.82) is 0 Å². The van der Waals surface area contributed by atoms with E-state index in [0.717, 1.165) is 0 Å². The first-order valence-electron chi connectivity index (χ1n) is 7.28. The van der Waals surface area contributed by atoms with Crippen LogP contribution in [-0.4, -0.2) is 23.4 Å². The van der Waals surface area contributed by atoms with Crippen LogP contribution in [0.5, 0.6) is 0 Å². The van der Waals surface area contributed by atoms with Gasteiger partial charge in [-0.05, 0) is 28.8 Å². The van der Waals surface area contributed by atoms with E-state index in [1.54, 1.807) is 18.2 Å². The minimum Gasteiger partial charge on any atom is -0.361 e. The minimum absolute atomic E-state index is 0.0220. The first kappa shape index (κ1) is 15.8. The van der Waals surface area contributed by atoms with Crippen molar-refractivity contribution in [1.82, 2.24) is 15.0 Å². The van der Waals surface area contributed by atoms with E-state index in [4.69, 9.17) is 11.6 Å². The Labute approximate surface area is 148 Å². The van der Waals surface area contributed by atoms with Gasteiger partial charge in [-0.3, -0.25) is 4.79 Å². The number of anilines is 1. The van der Waals surface area contributed by atoms with Gasteiger partial charge in [-0.15, -0.1) is 0 Å². The number of sulfonamides is 1. The third kappa shape index (κ3) is 2.69. The maximum absolute atomic E-state index is 12.9. The highest BCUT2D eigenvalue weighted by molar-refractivity contribution is 7.93. The maximum atomic E-state index is 12.9. The van der Waals surface area contributed by atoms with Crippen molar-refractivity contribution < 1.29 is 8.42 Å². The maximum Gasteiger partial charge on any atom is 0.266 e. The van der Waals surface area contributed by atoms with Crippen molar-refractivity contribution in [3.63, 3.8) is 0 Å². The van der Waals surface area contributed by atoms with Gasteiger partial charge in [0, 0.05) is 36.3 Å². The standard InChI is InChI=1S/C16H11ClN4O3S/c17-16-19-6-4-15(20-16)21-9-11-2-1-10(7-14(11)25(21,23)24)13-8-12(22)3-5-18-13/h1-8H,9H2,(H,18,22). The Balaban J connectivity index is 1.81. The Morgan fingerprint density at radius 2 is 2.00 bits per heavy atom. The van der Waals surface area contributed by atoms with Crippen molar-refractivity contribution in [3.8, 4) is 11.3 Å². The van der Waals surface area contributed by atoms with Gasteiger partial charge in [0.2, 0.25) is 5.28 Å². The normalized spacial score (nSPS) is 15.2. The van der Waals surface area contributed by atoms with E-state index in [1.165, 1.54) is 34.9 Å². The first-order valence-corrected chi connectivity index (χ1v) is 9.10. The van der Waals surface area contributed by atoms with Crippen LogP contribution in [-0.2, 0) is 16.6 Å². The lowest BCUT2D eigenvalue weighted by atomic mass is 10.1. The zero-order valence-electron chi connectivity index (χ0n) is 12.7. The molecule has 3 aromatic rings. The number of aromatic nitrogens is 3. The molecule has 0 atom stereocenters. The number of aromatic amines is 1. The fourth-order valence-corrected chi connectivity index (χ4v) is 4.51. The first-order chi connectivity index (χ1) is 11.9. The molecule has 1 aliphatic heterocycles. The summed E-state index contributed by atoms with van der Waals surface area (Å²) in [5.74, 6) is 0.214. The van der Waals surface area contributed by atoms with Crippen molar-refractivity contribution in [2.45, 2.75) is 11.4 Å². The largest absolute Gasteiger partial charge is 0.361 e. The highest BCUT2D eigenvalue weighted by atomic mass is 35.5. The zero-order chi connectivity index (χ0) is 17.6. The summed E-state index contributed by atoms with van der Waals surface area (Å²) in [4.78, 5) is 22.4. The number of rotatable bonds is 2. The predicted molar refractivity (Wildman–Crippen MR) is 92.9 cm³/mol. The number of halogens is 1. The number of nitrogens with one attached hydrogen (secondary N) is 1. The quantitative estimate of drug-likeness (QED) is 0.693. The van der Waals surface area contributed by atoms with Gasteiger partial charge in [-0.25, -0.2) is 17.7 Å². The molecule has 0 saturated heterocycles. The Bertz CT molecular complexity index is 1140. The van der Waals surface area contributed by atoms with Gasteiger partial charge in [-0.2, -0.15) is 4.98 Å². The second kappa shape index (κ2) is 5.68. The molecule has 126 valence electrons. The lowest BCUT2D eigenvalue weighted by Gasteiger charge is -2.15. The van der Waals surface area contributed by atoms with Crippen LogP contribution in [0.15, 0.2) is 58.5 Å². The lowest BCUT2D eigenvalue weighted by molar-refractivity contribution is 0.596. The molecule has 7 nitrogen and oxygen atoms in total. The fourth-order valence-electron chi connectivity index (χ4n) is 2.73. The van der Waals surface area contributed by atoms with E-state index >= 15 is 0 Å². The van der Waals surface area contributed by atoms with Gasteiger partial charge in [0.15, 0.2) is 5.43 Å². The van der Waals surface area contributed by atoms with Crippen molar-refractivity contribution >= 4 is 27.4 Å². The van der Waals surface area contributed by atoms with Crippen molar-refractivity contribution in [3.05, 3.63) is 69.9 Å². The third-order valence-corrected chi connectivity index (χ3v) is 5.91. The highest BCUT2D eigenvalue weighted by Gasteiger charge is 2.36. The molecule has 9 heteroatoms. The molecule has 0 fully saturated rings. The molecule has 1 aromatic carbocycles. The number of benzene rings is 1. The second-order valence-corrected chi connectivity index (χ2v) is 7.62. The van der Waals surface area contributed by atoms with Gasteiger partial charge in [0.05, 0.1) is 11.4 Å². The summed E-state index contributed by atoms with van der Waals surface area (Å²) in [5.41, 5.74) is 1.66. The van der Waals surface area contributed by atoms with Crippen LogP contribution in [0, 0.1) is 0 Å². The minimum atomic E-state index is -3.76. The fraction of sp³-hybridized carbons (Fsp3) is 0.0625. The molecule has 0 bridgehead atoms. The van der Waals surface area contributed by atoms with Crippen LogP contribution in [0.1, 0.15) is 5.56 Å².